The van der Waals surface area contributed by atoms with Gasteiger partial charge in [-0.3, -0.25) is 4.98 Å². The van der Waals surface area contributed by atoms with Gasteiger partial charge in [-0.2, -0.15) is 0 Å². The normalized spacial score (nSPS) is 14.1. The van der Waals surface area contributed by atoms with E-state index in [0.29, 0.717) is 38.7 Å². The molecule has 1 heterocycles. The van der Waals surface area contributed by atoms with Crippen LogP contribution in [0.15, 0.2) is 39.5 Å². The van der Waals surface area contributed by atoms with Crippen LogP contribution >= 0.6 is 23.2 Å². The third-order valence-corrected chi connectivity index (χ3v) is 4.61. The van der Waals surface area contributed by atoms with E-state index < -0.39 is 11.4 Å². The maximum atomic E-state index is 11.3. The third-order valence-electron chi connectivity index (χ3n) is 4.01. The summed E-state index contributed by atoms with van der Waals surface area (Å²) >= 11 is 12.7. The molecule has 0 aliphatic carbocycles. The molecule has 1 aromatic heterocycles. The summed E-state index contributed by atoms with van der Waals surface area (Å²) in [6.07, 6.45) is 0.357. The number of aromatic nitrogens is 1. The number of benzene rings is 2. The van der Waals surface area contributed by atoms with Crippen molar-refractivity contribution in [3.63, 3.8) is 0 Å². The monoisotopic (exact) mass is 351 g/mol. The van der Waals surface area contributed by atoms with Crippen LogP contribution < -0.4 is 5.76 Å². The highest BCUT2D eigenvalue weighted by molar-refractivity contribution is 6.36. The van der Waals surface area contributed by atoms with Gasteiger partial charge in [0.15, 0.2) is 5.58 Å². The predicted molar refractivity (Wildman–Crippen MR) is 91.3 cm³/mol. The topological polar surface area (TPSA) is 66.2 Å². The SMILES string of the molecule is CCC(O)(c1ccc2[nH]c(=O)oc2c1)c1c(Cl)cc(C)cc1Cl. The van der Waals surface area contributed by atoms with E-state index >= 15 is 0 Å². The number of aliphatic hydroxyl groups is 1. The van der Waals surface area contributed by atoms with Crippen LogP contribution in [0.5, 0.6) is 0 Å². The summed E-state index contributed by atoms with van der Waals surface area (Å²) in [6, 6.07) is 8.57. The number of rotatable bonds is 3. The fraction of sp³-hybridized carbons (Fsp3) is 0.235. The van der Waals surface area contributed by atoms with Crippen molar-refractivity contribution in [3.05, 3.63) is 67.6 Å². The average molecular weight is 352 g/mol. The molecule has 0 saturated carbocycles. The molecule has 0 aliphatic rings. The zero-order valence-electron chi connectivity index (χ0n) is 12.6. The van der Waals surface area contributed by atoms with Gasteiger partial charge in [0.25, 0.3) is 0 Å². The summed E-state index contributed by atoms with van der Waals surface area (Å²) in [6.45, 7) is 3.72. The van der Waals surface area contributed by atoms with E-state index in [1.165, 1.54) is 0 Å². The Morgan fingerprint density at radius 3 is 2.48 bits per heavy atom. The smallest absolute Gasteiger partial charge is 0.408 e. The van der Waals surface area contributed by atoms with Crippen LogP contribution in [0.1, 0.15) is 30.0 Å². The number of halogens is 2. The van der Waals surface area contributed by atoms with E-state index in [4.69, 9.17) is 27.6 Å². The van der Waals surface area contributed by atoms with Crippen molar-refractivity contribution in [1.29, 1.82) is 0 Å². The van der Waals surface area contributed by atoms with Gasteiger partial charge in [0.2, 0.25) is 0 Å². The average Bonchev–Trinajstić information content (AvgIpc) is 2.84. The van der Waals surface area contributed by atoms with Crippen LogP contribution in [0, 0.1) is 6.92 Å². The lowest BCUT2D eigenvalue weighted by Gasteiger charge is -2.30. The molecule has 0 fully saturated rings. The van der Waals surface area contributed by atoms with Crippen LogP contribution in [0.3, 0.4) is 0 Å². The Balaban J connectivity index is 2.25. The van der Waals surface area contributed by atoms with E-state index in [9.17, 15) is 9.90 Å². The number of aromatic amines is 1. The maximum Gasteiger partial charge on any atom is 0.417 e. The molecule has 0 amide bonds. The minimum Gasteiger partial charge on any atom is -0.408 e. The lowest BCUT2D eigenvalue weighted by Crippen LogP contribution is -2.27. The highest BCUT2D eigenvalue weighted by atomic mass is 35.5. The standard InChI is InChI=1S/C17H15Cl2NO3/c1-3-17(22,15-11(18)6-9(2)7-12(15)19)10-4-5-13-14(8-10)23-16(21)20-13/h4-8,22H,3H2,1-2H3,(H,20,21). The molecule has 1 atom stereocenters. The lowest BCUT2D eigenvalue weighted by atomic mass is 9.83. The molecule has 3 rings (SSSR count). The molecule has 4 nitrogen and oxygen atoms in total. The molecule has 2 aromatic carbocycles. The number of fused-ring (bicyclic) bond motifs is 1. The Kier molecular flexibility index (Phi) is 4.00. The minimum absolute atomic E-state index is 0.357. The van der Waals surface area contributed by atoms with Gasteiger partial charge in [-0.15, -0.1) is 0 Å². The van der Waals surface area contributed by atoms with Gasteiger partial charge in [-0.05, 0) is 48.7 Å². The van der Waals surface area contributed by atoms with Gasteiger partial charge >= 0.3 is 5.76 Å². The maximum absolute atomic E-state index is 11.3. The van der Waals surface area contributed by atoms with Crippen molar-refractivity contribution in [2.45, 2.75) is 25.9 Å². The molecule has 1 unspecified atom stereocenters. The summed E-state index contributed by atoms with van der Waals surface area (Å²) in [5, 5.41) is 12.1. The molecule has 3 aromatic rings. The molecule has 2 N–H and O–H groups in total. The molecule has 120 valence electrons. The van der Waals surface area contributed by atoms with E-state index in [1.807, 2.05) is 13.8 Å². The summed E-state index contributed by atoms with van der Waals surface area (Å²) in [5.41, 5.74) is 1.48. The van der Waals surface area contributed by atoms with Crippen molar-refractivity contribution in [3.8, 4) is 0 Å². The quantitative estimate of drug-likeness (QED) is 0.735. The highest BCUT2D eigenvalue weighted by Crippen LogP contribution is 2.42. The molecule has 6 heteroatoms. The number of oxazole rings is 1. The predicted octanol–water partition coefficient (Wildman–Crippen LogP) is 4.38. The van der Waals surface area contributed by atoms with Gasteiger partial charge in [-0.1, -0.05) is 36.2 Å². The fourth-order valence-electron chi connectivity index (χ4n) is 2.82. The summed E-state index contributed by atoms with van der Waals surface area (Å²) in [7, 11) is 0. The molecule has 0 saturated heterocycles. The number of H-pyrrole nitrogens is 1. The zero-order valence-corrected chi connectivity index (χ0v) is 14.1. The van der Waals surface area contributed by atoms with Gasteiger partial charge in [0, 0.05) is 15.6 Å². The van der Waals surface area contributed by atoms with Gasteiger partial charge in [-0.25, -0.2) is 4.79 Å². The van der Waals surface area contributed by atoms with Crippen LogP contribution in [0.2, 0.25) is 10.0 Å². The Hall–Kier alpha value is -1.75. The van der Waals surface area contributed by atoms with Gasteiger partial charge < -0.3 is 9.52 Å². The second kappa shape index (κ2) is 5.71. The Bertz CT molecular complexity index is 921. The third kappa shape index (κ3) is 2.67. The Morgan fingerprint density at radius 2 is 1.87 bits per heavy atom. The van der Waals surface area contributed by atoms with Gasteiger partial charge in [0.05, 0.1) is 5.52 Å². The van der Waals surface area contributed by atoms with E-state index in [1.54, 1.807) is 30.3 Å². The number of nitrogens with one attached hydrogen (secondary N) is 1. The van der Waals surface area contributed by atoms with Crippen LogP contribution in [-0.4, -0.2) is 10.1 Å². The largest absolute Gasteiger partial charge is 0.417 e. The second-order valence-corrected chi connectivity index (χ2v) is 6.36. The van der Waals surface area contributed by atoms with Crippen molar-refractivity contribution in [2.75, 3.05) is 0 Å². The van der Waals surface area contributed by atoms with E-state index in [-0.39, 0.29) is 0 Å². The first-order chi connectivity index (χ1) is 10.8. The fourth-order valence-corrected chi connectivity index (χ4v) is 3.73. The summed E-state index contributed by atoms with van der Waals surface area (Å²) in [4.78, 5) is 13.9. The lowest BCUT2D eigenvalue weighted by molar-refractivity contribution is 0.0768. The van der Waals surface area contributed by atoms with Crippen LogP contribution in [-0.2, 0) is 5.60 Å². The summed E-state index contributed by atoms with van der Waals surface area (Å²) < 4.78 is 5.08. The van der Waals surface area contributed by atoms with Gasteiger partial charge in [0.1, 0.15) is 5.60 Å². The molecule has 23 heavy (non-hydrogen) atoms. The minimum atomic E-state index is -1.38. The van der Waals surface area contributed by atoms with Crippen LogP contribution in [0.25, 0.3) is 11.1 Å². The zero-order chi connectivity index (χ0) is 16.8. The van der Waals surface area contributed by atoms with E-state index in [0.717, 1.165) is 5.56 Å². The van der Waals surface area contributed by atoms with Crippen molar-refractivity contribution >= 4 is 34.3 Å². The number of hydrogen-bond donors (Lipinski definition) is 2. The highest BCUT2D eigenvalue weighted by Gasteiger charge is 2.34. The molecule has 0 radical (unpaired) electrons. The molecule has 0 bridgehead atoms. The van der Waals surface area contributed by atoms with E-state index in [2.05, 4.69) is 4.98 Å². The Labute approximate surface area is 142 Å². The molecular weight excluding hydrogens is 337 g/mol. The second-order valence-electron chi connectivity index (χ2n) is 5.54. The molecule has 0 spiro atoms. The number of hydrogen-bond acceptors (Lipinski definition) is 3. The number of aryl methyl sites for hydroxylation is 1. The van der Waals surface area contributed by atoms with Crippen molar-refractivity contribution < 1.29 is 9.52 Å². The summed E-state index contributed by atoms with van der Waals surface area (Å²) in [5.74, 6) is -0.538. The van der Waals surface area contributed by atoms with Crippen molar-refractivity contribution in [2.24, 2.45) is 0 Å². The Morgan fingerprint density at radius 1 is 1.22 bits per heavy atom. The first-order valence-electron chi connectivity index (χ1n) is 7.17. The first kappa shape index (κ1) is 16.1. The van der Waals surface area contributed by atoms with Crippen LogP contribution in [0.4, 0.5) is 0 Å². The first-order valence-corrected chi connectivity index (χ1v) is 7.92. The molecule has 0 aliphatic heterocycles. The molecular formula is C17H15Cl2NO3. The van der Waals surface area contributed by atoms with Crippen molar-refractivity contribution in [1.82, 2.24) is 4.98 Å².